The molecule has 46 heavy (non-hydrogen) atoms. The Kier molecular flexibility index (Phi) is 13.2. The van der Waals surface area contributed by atoms with Crippen molar-refractivity contribution in [2.75, 3.05) is 51.6 Å². The minimum atomic E-state index is -0.393. The van der Waals surface area contributed by atoms with Gasteiger partial charge in [0.05, 0.1) is 29.0 Å². The number of aryl methyl sites for hydroxylation is 1. The molecule has 0 fully saturated rings. The van der Waals surface area contributed by atoms with Crippen LogP contribution in [0.3, 0.4) is 0 Å². The number of likely N-dealkylation sites (N-methyl/N-ethyl adjacent to an activating group) is 2. The third-order valence-electron chi connectivity index (χ3n) is 7.72. The first-order chi connectivity index (χ1) is 22.1. The van der Waals surface area contributed by atoms with Crippen molar-refractivity contribution in [3.05, 3.63) is 92.9 Å². The fourth-order valence-electron chi connectivity index (χ4n) is 5.25. The molecule has 0 amide bonds. The van der Waals surface area contributed by atoms with Crippen LogP contribution in [0, 0.1) is 10.1 Å². The number of methoxy groups -OCH3 is 1. The summed E-state index contributed by atoms with van der Waals surface area (Å²) < 4.78 is 5.68. The summed E-state index contributed by atoms with van der Waals surface area (Å²) in [5, 5.41) is 15.4. The highest BCUT2D eigenvalue weighted by atomic mass is 16.6. The van der Waals surface area contributed by atoms with Gasteiger partial charge in [-0.3, -0.25) is 10.1 Å². The maximum absolute atomic E-state index is 12.2. The number of nitrogens with one attached hydrogen (secondary N) is 1. The topological polar surface area (TPSA) is 135 Å². The molecule has 0 atom stereocenters. The molecule has 1 heterocycles. The molecule has 0 unspecified atom stereocenters. The lowest BCUT2D eigenvalue weighted by molar-refractivity contribution is -0.384. The van der Waals surface area contributed by atoms with Crippen LogP contribution in [0.5, 0.6) is 5.75 Å². The number of anilines is 3. The van der Waals surface area contributed by atoms with Crippen LogP contribution in [-0.4, -0.2) is 67.0 Å². The van der Waals surface area contributed by atoms with Gasteiger partial charge in [-0.2, -0.15) is 0 Å². The monoisotopic (exact) mass is 628 g/mol. The van der Waals surface area contributed by atoms with Gasteiger partial charge in [-0.1, -0.05) is 50.6 Å². The Labute approximate surface area is 273 Å². The fourth-order valence-corrected chi connectivity index (χ4v) is 5.25. The summed E-state index contributed by atoms with van der Waals surface area (Å²) in [7, 11) is 7.27. The number of unbranched alkanes of at least 4 members (excludes halogenated alkanes) is 1. The molecule has 11 nitrogen and oxygen atoms in total. The van der Waals surface area contributed by atoms with Crippen molar-refractivity contribution in [1.82, 2.24) is 14.9 Å². The highest BCUT2D eigenvalue weighted by Crippen LogP contribution is 2.39. The minimum Gasteiger partial charge on any atom is -0.494 e. The highest BCUT2D eigenvalue weighted by Gasteiger charge is 2.24. The molecule has 0 bridgehead atoms. The molecule has 246 valence electrons. The zero-order valence-corrected chi connectivity index (χ0v) is 28.4. The average Bonchev–Trinajstić information content (AvgIpc) is 3.05. The van der Waals surface area contributed by atoms with Crippen molar-refractivity contribution in [3.8, 4) is 5.75 Å². The summed E-state index contributed by atoms with van der Waals surface area (Å²) in [5.41, 5.74) is 13.0. The summed E-state index contributed by atoms with van der Waals surface area (Å²) >= 11 is 0. The van der Waals surface area contributed by atoms with E-state index in [0.29, 0.717) is 34.9 Å². The van der Waals surface area contributed by atoms with Gasteiger partial charge in [0.2, 0.25) is 5.95 Å². The molecule has 3 rings (SSSR count). The number of allylic oxidation sites excluding steroid dienone is 2. The molecule has 0 spiro atoms. The SMILES string of the molecule is C/C=C\N=C(N)c1cnc(Nc2cc([N+](=O)[O-])c(N(C)CCN(C)C)cc2OC)nc1/C(=C/C)c1cccc(CCCC)c1CC. The van der Waals surface area contributed by atoms with E-state index in [1.807, 2.05) is 50.9 Å². The standard InChI is InChI=1S/C35H48N8O3/c1-9-13-15-24-16-14-17-27(25(24)11-3)26(12-4)33-28(34(36)37-18-10-2)23-38-35(40-33)39-29-21-31(43(44)45)30(22-32(29)46-8)42(7)20-19-41(5)6/h10,12,14,16-18,21-23H,9,11,13,15,19-20H2,1-8H3,(H2,36,37)(H,38,39,40)/b18-10-,26-12+. The van der Waals surface area contributed by atoms with E-state index < -0.39 is 4.92 Å². The number of nitrogens with two attached hydrogens (primary N) is 1. The Balaban J connectivity index is 2.19. The van der Waals surface area contributed by atoms with Gasteiger partial charge in [-0.15, -0.1) is 0 Å². The van der Waals surface area contributed by atoms with Gasteiger partial charge < -0.3 is 25.6 Å². The zero-order chi connectivity index (χ0) is 33.8. The van der Waals surface area contributed by atoms with Crippen LogP contribution >= 0.6 is 0 Å². The van der Waals surface area contributed by atoms with Crippen LogP contribution in [0.4, 0.5) is 23.0 Å². The molecular weight excluding hydrogens is 580 g/mol. The van der Waals surface area contributed by atoms with Gasteiger partial charge >= 0.3 is 0 Å². The molecule has 0 aliphatic rings. The van der Waals surface area contributed by atoms with E-state index in [1.165, 1.54) is 24.3 Å². The Bertz CT molecular complexity index is 1600. The van der Waals surface area contributed by atoms with Gasteiger partial charge in [0.25, 0.3) is 5.69 Å². The number of aromatic nitrogens is 2. The lowest BCUT2D eigenvalue weighted by Gasteiger charge is -2.23. The molecule has 0 saturated heterocycles. The normalized spacial score (nSPS) is 12.2. The second-order valence-corrected chi connectivity index (χ2v) is 11.2. The van der Waals surface area contributed by atoms with E-state index in [4.69, 9.17) is 15.5 Å². The highest BCUT2D eigenvalue weighted by molar-refractivity contribution is 6.03. The lowest BCUT2D eigenvalue weighted by atomic mass is 9.89. The van der Waals surface area contributed by atoms with Gasteiger partial charge in [0, 0.05) is 50.2 Å². The van der Waals surface area contributed by atoms with Crippen LogP contribution in [0.25, 0.3) is 5.57 Å². The molecule has 0 saturated carbocycles. The van der Waals surface area contributed by atoms with Crippen molar-refractivity contribution in [1.29, 1.82) is 0 Å². The summed E-state index contributed by atoms with van der Waals surface area (Å²) in [6.45, 7) is 9.53. The van der Waals surface area contributed by atoms with E-state index in [9.17, 15) is 10.1 Å². The molecule has 0 aliphatic carbocycles. The number of amidine groups is 1. The largest absolute Gasteiger partial charge is 0.494 e. The molecule has 0 radical (unpaired) electrons. The van der Waals surface area contributed by atoms with E-state index in [1.54, 1.807) is 24.5 Å². The van der Waals surface area contributed by atoms with Crippen molar-refractivity contribution in [2.24, 2.45) is 10.7 Å². The number of aliphatic imine (C=N–C) groups is 1. The number of nitro groups is 1. The van der Waals surface area contributed by atoms with Crippen molar-refractivity contribution >= 4 is 34.4 Å². The third kappa shape index (κ3) is 8.69. The number of nitrogens with zero attached hydrogens (tertiary/aromatic N) is 6. The summed E-state index contributed by atoms with van der Waals surface area (Å²) in [6.07, 6.45) is 11.2. The second-order valence-electron chi connectivity index (χ2n) is 11.2. The first-order valence-corrected chi connectivity index (χ1v) is 15.7. The minimum absolute atomic E-state index is 0.0604. The predicted octanol–water partition coefficient (Wildman–Crippen LogP) is 6.73. The van der Waals surface area contributed by atoms with E-state index in [2.05, 4.69) is 47.3 Å². The van der Waals surface area contributed by atoms with Gasteiger partial charge in [0.15, 0.2) is 0 Å². The molecular formula is C35H48N8O3. The van der Waals surface area contributed by atoms with Crippen molar-refractivity contribution in [2.45, 2.75) is 53.4 Å². The molecule has 2 aromatic carbocycles. The fraction of sp³-hybridized carbons (Fsp3) is 0.400. The number of hydrogen-bond acceptors (Lipinski definition) is 9. The zero-order valence-electron chi connectivity index (χ0n) is 28.4. The quantitative estimate of drug-likeness (QED) is 0.0766. The molecule has 3 N–H and O–H groups in total. The number of rotatable bonds is 16. The predicted molar refractivity (Wildman–Crippen MR) is 190 cm³/mol. The smallest absolute Gasteiger partial charge is 0.294 e. The van der Waals surface area contributed by atoms with Gasteiger partial charge in [-0.25, -0.2) is 15.0 Å². The third-order valence-corrected chi connectivity index (χ3v) is 7.72. The number of nitro benzene ring substituents is 1. The molecule has 3 aromatic rings. The summed E-state index contributed by atoms with van der Waals surface area (Å²) in [6, 6.07) is 9.52. The van der Waals surface area contributed by atoms with Crippen LogP contribution in [-0.2, 0) is 12.8 Å². The van der Waals surface area contributed by atoms with E-state index in [-0.39, 0.29) is 17.5 Å². The van der Waals surface area contributed by atoms with E-state index in [0.717, 1.165) is 43.4 Å². The van der Waals surface area contributed by atoms with Gasteiger partial charge in [-0.05, 0) is 63.9 Å². The first kappa shape index (κ1) is 35.7. The van der Waals surface area contributed by atoms with Crippen LogP contribution in [0.2, 0.25) is 0 Å². The Hall–Kier alpha value is -4.77. The summed E-state index contributed by atoms with van der Waals surface area (Å²) in [5.74, 6) is 0.930. The molecule has 1 aromatic heterocycles. The van der Waals surface area contributed by atoms with Crippen LogP contribution in [0.15, 0.2) is 59.9 Å². The van der Waals surface area contributed by atoms with Gasteiger partial charge in [0.1, 0.15) is 17.3 Å². The Morgan fingerprint density at radius 1 is 1.15 bits per heavy atom. The molecule has 0 aliphatic heterocycles. The maximum atomic E-state index is 12.2. The first-order valence-electron chi connectivity index (χ1n) is 15.7. The Morgan fingerprint density at radius 3 is 2.52 bits per heavy atom. The number of ether oxygens (including phenoxy) is 1. The van der Waals surface area contributed by atoms with Crippen molar-refractivity contribution < 1.29 is 9.66 Å². The van der Waals surface area contributed by atoms with Crippen LogP contribution in [0.1, 0.15) is 68.5 Å². The maximum Gasteiger partial charge on any atom is 0.294 e. The van der Waals surface area contributed by atoms with E-state index >= 15 is 0 Å². The summed E-state index contributed by atoms with van der Waals surface area (Å²) in [4.78, 5) is 29.6. The average molecular weight is 629 g/mol. The van der Waals surface area contributed by atoms with Crippen LogP contribution < -0.4 is 20.7 Å². The second kappa shape index (κ2) is 17.1. The Morgan fingerprint density at radius 2 is 1.91 bits per heavy atom. The van der Waals surface area contributed by atoms with Crippen molar-refractivity contribution in [3.63, 3.8) is 0 Å². The number of benzene rings is 2. The molecule has 11 heteroatoms. The number of hydrogen-bond donors (Lipinski definition) is 2. The lowest BCUT2D eigenvalue weighted by Crippen LogP contribution is -2.29.